The minimum absolute atomic E-state index is 0.0959. The number of carbonyl (C=O) groups is 3. The van der Waals surface area contributed by atoms with E-state index in [-0.39, 0.29) is 38.2 Å². The van der Waals surface area contributed by atoms with E-state index in [1.165, 1.54) is 12.2 Å². The molecule has 0 spiro atoms. The molecule has 0 bridgehead atoms. The topological polar surface area (TPSA) is 131 Å². The van der Waals surface area contributed by atoms with E-state index in [0.29, 0.717) is 34.1 Å². The number of urea groups is 1. The van der Waals surface area contributed by atoms with Crippen LogP contribution in [-0.4, -0.2) is 44.8 Å². The first-order valence-electron chi connectivity index (χ1n) is 11.1. The Bertz CT molecular complexity index is 1140. The van der Waals surface area contributed by atoms with Gasteiger partial charge < -0.3 is 39.1 Å². The molecule has 11 heteroatoms. The maximum absolute atomic E-state index is 12.8. The van der Waals surface area contributed by atoms with E-state index in [4.69, 9.17) is 28.4 Å². The van der Waals surface area contributed by atoms with Crippen LogP contribution in [0.1, 0.15) is 25.0 Å². The van der Waals surface area contributed by atoms with E-state index in [9.17, 15) is 14.4 Å². The van der Waals surface area contributed by atoms with E-state index >= 15 is 0 Å². The van der Waals surface area contributed by atoms with Crippen LogP contribution in [0, 0.1) is 0 Å². The SMILES string of the molecule is CCOC(=O)/C(=C/c1ccc2c(c1)OCO2)NC(=O)N/C(=C\c1ccc2c(c1)OCO2)C(=O)OCC. The quantitative estimate of drug-likeness (QED) is 0.418. The fourth-order valence-corrected chi connectivity index (χ4v) is 3.32. The summed E-state index contributed by atoms with van der Waals surface area (Å²) in [5.41, 5.74) is 0.812. The lowest BCUT2D eigenvalue weighted by atomic mass is 10.1. The van der Waals surface area contributed by atoms with Crippen LogP contribution in [0.5, 0.6) is 23.0 Å². The van der Waals surface area contributed by atoms with Crippen molar-refractivity contribution in [3.05, 3.63) is 58.9 Å². The van der Waals surface area contributed by atoms with Gasteiger partial charge in [0.15, 0.2) is 23.0 Å². The molecular formula is C25H24N2O9. The standard InChI is InChI=1S/C25H24N2O9/c1-3-31-23(28)17(9-15-5-7-19-21(11-15)35-13-33-19)26-25(30)27-18(24(29)32-4-2)10-16-6-8-20-22(12-16)36-14-34-20/h5-12H,3-4,13-14H2,1-2H3,(H2,26,27,30)/b17-9-,18-10-. The minimum Gasteiger partial charge on any atom is -0.461 e. The smallest absolute Gasteiger partial charge is 0.354 e. The molecule has 2 aromatic carbocycles. The average molecular weight is 496 g/mol. The van der Waals surface area contributed by atoms with Gasteiger partial charge in [-0.3, -0.25) is 0 Å². The molecule has 0 aromatic heterocycles. The summed E-state index contributed by atoms with van der Waals surface area (Å²) in [4.78, 5) is 37.9. The largest absolute Gasteiger partial charge is 0.461 e. The number of amides is 2. The molecule has 4 rings (SSSR count). The Hall–Kier alpha value is -4.67. The Morgan fingerprint density at radius 1 is 0.722 bits per heavy atom. The minimum atomic E-state index is -0.852. The number of rotatable bonds is 8. The molecule has 0 saturated heterocycles. The van der Waals surface area contributed by atoms with Crippen molar-refractivity contribution in [2.75, 3.05) is 26.8 Å². The highest BCUT2D eigenvalue weighted by Gasteiger charge is 2.20. The Morgan fingerprint density at radius 2 is 1.14 bits per heavy atom. The van der Waals surface area contributed by atoms with E-state index < -0.39 is 18.0 Å². The highest BCUT2D eigenvalue weighted by atomic mass is 16.7. The summed E-state index contributed by atoms with van der Waals surface area (Å²) < 4.78 is 31.4. The van der Waals surface area contributed by atoms with Gasteiger partial charge in [-0.2, -0.15) is 0 Å². The summed E-state index contributed by atoms with van der Waals surface area (Å²) in [6, 6.07) is 9.21. The van der Waals surface area contributed by atoms with E-state index in [1.807, 2.05) is 0 Å². The van der Waals surface area contributed by atoms with Gasteiger partial charge in [-0.1, -0.05) is 12.1 Å². The predicted molar refractivity (Wildman–Crippen MR) is 126 cm³/mol. The van der Waals surface area contributed by atoms with Crippen LogP contribution < -0.4 is 29.6 Å². The van der Waals surface area contributed by atoms with Crippen molar-refractivity contribution in [1.82, 2.24) is 10.6 Å². The summed E-state index contributed by atoms with van der Waals surface area (Å²) in [6.07, 6.45) is 2.84. The fraction of sp³-hybridized carbons (Fsp3) is 0.240. The maximum atomic E-state index is 12.8. The number of hydrogen-bond acceptors (Lipinski definition) is 9. The van der Waals surface area contributed by atoms with Crippen LogP contribution in [0.25, 0.3) is 12.2 Å². The van der Waals surface area contributed by atoms with Gasteiger partial charge in [0, 0.05) is 0 Å². The number of hydrogen-bond donors (Lipinski definition) is 2. The van der Waals surface area contributed by atoms with Crippen LogP contribution in [0.4, 0.5) is 4.79 Å². The second-order valence-electron chi connectivity index (χ2n) is 7.36. The molecule has 0 unspecified atom stereocenters. The summed E-state index contributed by atoms with van der Waals surface area (Å²) in [5, 5.41) is 4.89. The predicted octanol–water partition coefficient (Wildman–Crippen LogP) is 2.95. The lowest BCUT2D eigenvalue weighted by Gasteiger charge is -2.13. The van der Waals surface area contributed by atoms with Crippen LogP contribution >= 0.6 is 0 Å². The van der Waals surface area contributed by atoms with Crippen molar-refractivity contribution in [3.8, 4) is 23.0 Å². The van der Waals surface area contributed by atoms with Crippen molar-refractivity contribution in [1.29, 1.82) is 0 Å². The van der Waals surface area contributed by atoms with Gasteiger partial charge in [0.05, 0.1) is 13.2 Å². The van der Waals surface area contributed by atoms with Gasteiger partial charge in [0.1, 0.15) is 11.4 Å². The fourth-order valence-electron chi connectivity index (χ4n) is 3.32. The zero-order chi connectivity index (χ0) is 25.5. The third kappa shape index (κ3) is 5.87. The number of fused-ring (bicyclic) bond motifs is 2. The van der Waals surface area contributed by atoms with Crippen molar-refractivity contribution in [2.24, 2.45) is 0 Å². The molecule has 0 atom stereocenters. The number of ether oxygens (including phenoxy) is 6. The van der Waals surface area contributed by atoms with Crippen LogP contribution in [0.2, 0.25) is 0 Å². The van der Waals surface area contributed by atoms with Crippen molar-refractivity contribution >= 4 is 30.1 Å². The number of carbonyl (C=O) groups excluding carboxylic acids is 3. The van der Waals surface area contributed by atoms with Gasteiger partial charge in [0.25, 0.3) is 0 Å². The van der Waals surface area contributed by atoms with Gasteiger partial charge in [-0.15, -0.1) is 0 Å². The third-order valence-electron chi connectivity index (χ3n) is 4.90. The highest BCUT2D eigenvalue weighted by molar-refractivity contribution is 6.01. The van der Waals surface area contributed by atoms with Crippen LogP contribution in [0.15, 0.2) is 47.8 Å². The molecule has 36 heavy (non-hydrogen) atoms. The van der Waals surface area contributed by atoms with Gasteiger partial charge in [-0.05, 0) is 61.4 Å². The van der Waals surface area contributed by atoms with Crippen LogP contribution in [-0.2, 0) is 19.1 Å². The maximum Gasteiger partial charge on any atom is 0.354 e. The van der Waals surface area contributed by atoms with Crippen molar-refractivity contribution in [2.45, 2.75) is 13.8 Å². The molecule has 0 aliphatic carbocycles. The molecule has 0 saturated carbocycles. The molecule has 188 valence electrons. The second-order valence-corrected chi connectivity index (χ2v) is 7.36. The second kappa shape index (κ2) is 11.2. The van der Waals surface area contributed by atoms with Crippen LogP contribution in [0.3, 0.4) is 0 Å². The summed E-state index contributed by atoms with van der Waals surface area (Å²) in [7, 11) is 0. The molecule has 2 heterocycles. The average Bonchev–Trinajstić information content (AvgIpc) is 3.52. The Morgan fingerprint density at radius 3 is 1.56 bits per heavy atom. The van der Waals surface area contributed by atoms with Gasteiger partial charge in [0.2, 0.25) is 13.6 Å². The normalized spacial score (nSPS) is 13.7. The molecule has 2 N–H and O–H groups in total. The van der Waals surface area contributed by atoms with E-state index in [2.05, 4.69) is 10.6 Å². The first kappa shape index (κ1) is 24.5. The van der Waals surface area contributed by atoms with Crippen molar-refractivity contribution in [3.63, 3.8) is 0 Å². The highest BCUT2D eigenvalue weighted by Crippen LogP contribution is 2.34. The molecule has 2 aromatic rings. The number of esters is 2. The van der Waals surface area contributed by atoms with Gasteiger partial charge in [-0.25, -0.2) is 14.4 Å². The zero-order valence-corrected chi connectivity index (χ0v) is 19.6. The molecule has 2 amide bonds. The van der Waals surface area contributed by atoms with Gasteiger partial charge >= 0.3 is 18.0 Å². The first-order valence-corrected chi connectivity index (χ1v) is 11.1. The molecule has 2 aliphatic heterocycles. The Balaban J connectivity index is 1.55. The third-order valence-corrected chi connectivity index (χ3v) is 4.90. The van der Waals surface area contributed by atoms with E-state index in [1.54, 1.807) is 50.2 Å². The summed E-state index contributed by atoms with van der Waals surface area (Å²) >= 11 is 0. The monoisotopic (exact) mass is 496 g/mol. The molecule has 2 aliphatic rings. The molecule has 11 nitrogen and oxygen atoms in total. The van der Waals surface area contributed by atoms with Crippen molar-refractivity contribution < 1.29 is 42.8 Å². The summed E-state index contributed by atoms with van der Waals surface area (Å²) in [5.74, 6) is 0.636. The molecule has 0 fully saturated rings. The Kier molecular flexibility index (Phi) is 7.59. The first-order chi connectivity index (χ1) is 17.5. The molecule has 0 radical (unpaired) electrons. The lowest BCUT2D eigenvalue weighted by molar-refractivity contribution is -0.139. The summed E-state index contributed by atoms with van der Waals surface area (Å²) in [6.45, 7) is 3.67. The molecular weight excluding hydrogens is 472 g/mol. The zero-order valence-electron chi connectivity index (χ0n) is 19.6. The van der Waals surface area contributed by atoms with E-state index in [0.717, 1.165) is 0 Å². The number of benzene rings is 2. The number of nitrogens with one attached hydrogen (secondary N) is 2. The lowest BCUT2D eigenvalue weighted by Crippen LogP contribution is -2.39. The Labute approximate surface area is 206 Å².